The van der Waals surface area contributed by atoms with Crippen LogP contribution in [0, 0.1) is 17.8 Å². The van der Waals surface area contributed by atoms with Gasteiger partial charge in [-0.05, 0) is 77.3 Å². The number of hydrogen-bond donors (Lipinski definition) is 4. The molecule has 60 heavy (non-hydrogen) atoms. The van der Waals surface area contributed by atoms with Crippen LogP contribution < -0.4 is 10.6 Å². The Morgan fingerprint density at radius 3 is 2.12 bits per heavy atom. The van der Waals surface area contributed by atoms with E-state index in [2.05, 4.69) is 88.3 Å². The molecule has 0 unspecified atom stereocenters. The van der Waals surface area contributed by atoms with Gasteiger partial charge in [0.15, 0.2) is 0 Å². The number of rotatable bonds is 10. The first-order valence-electron chi connectivity index (χ1n) is 21.1. The minimum absolute atomic E-state index is 0.0946. The highest BCUT2D eigenvalue weighted by Crippen LogP contribution is 2.50. The predicted molar refractivity (Wildman–Crippen MR) is 232 cm³/mol. The van der Waals surface area contributed by atoms with Gasteiger partial charge in [0, 0.05) is 17.6 Å². The zero-order valence-electron chi connectivity index (χ0n) is 35.7. The predicted octanol–water partition coefficient (Wildman–Crippen LogP) is 7.72. The highest BCUT2D eigenvalue weighted by atomic mass is 28.3. The van der Waals surface area contributed by atoms with Crippen LogP contribution in [0.15, 0.2) is 60.8 Å². The summed E-state index contributed by atoms with van der Waals surface area (Å²) in [5, 5.41) is 7.60. The standard InChI is InChI=1S/C45H56N8O6Si/c1-24(2)36(50-44(56)58-5)42(54)52-23-60(7,8)22-35(52)40-47-33-18-15-29-19-28(14-17-32(29)38(33)49-40)26-9-11-27(12-10-26)34-21-46-41(48-34)39-30-13-16-31(20-30)53(39)43(55)37(25(3)4)51-45(57)59-6/h9-12,14-15,17-19,21,24-25,30-31,35-37,39H,13,16,20,22-23H2,1-8H3,(H,46,48)(H,47,49)(H,50,56)(H,51,57)/t30-,31+,35-,36-,37-,39-/m0/s1. The van der Waals surface area contributed by atoms with Gasteiger partial charge in [-0.2, -0.15) is 0 Å². The monoisotopic (exact) mass is 832 g/mol. The molecule has 15 heteroatoms. The van der Waals surface area contributed by atoms with Crippen molar-refractivity contribution in [3.8, 4) is 22.4 Å². The van der Waals surface area contributed by atoms with Gasteiger partial charge in [-0.1, -0.05) is 83.3 Å². The second-order valence-electron chi connectivity index (χ2n) is 18.3. The molecule has 4 N–H and O–H groups in total. The number of piperidine rings is 1. The number of nitrogens with zero attached hydrogens (tertiary/aromatic N) is 4. The summed E-state index contributed by atoms with van der Waals surface area (Å²) >= 11 is 0. The average Bonchev–Trinajstić information content (AvgIpc) is 4.09. The van der Waals surface area contributed by atoms with E-state index in [4.69, 9.17) is 19.4 Å². The molecule has 1 aliphatic carbocycles. The van der Waals surface area contributed by atoms with E-state index in [-0.39, 0.29) is 41.8 Å². The third-order valence-corrected chi connectivity index (χ3v) is 15.5. The number of carbonyl (C=O) groups excluding carboxylic acids is 4. The van der Waals surface area contributed by atoms with Gasteiger partial charge in [0.1, 0.15) is 23.7 Å². The Bertz CT molecular complexity index is 2440. The highest BCUT2D eigenvalue weighted by molar-refractivity contribution is 6.78. The Labute approximate surface area is 351 Å². The minimum atomic E-state index is -1.78. The molecule has 8 rings (SSSR count). The van der Waals surface area contributed by atoms with Crippen molar-refractivity contribution in [2.24, 2.45) is 17.8 Å². The molecule has 6 atom stereocenters. The number of nitrogens with one attached hydrogen (secondary N) is 4. The van der Waals surface area contributed by atoms with Crippen LogP contribution in [-0.2, 0) is 19.1 Å². The number of aromatic nitrogens is 4. The minimum Gasteiger partial charge on any atom is -0.453 e. The third-order valence-electron chi connectivity index (χ3n) is 12.8. The lowest BCUT2D eigenvalue weighted by Crippen LogP contribution is -2.54. The maximum absolute atomic E-state index is 14.0. The van der Waals surface area contributed by atoms with Crippen LogP contribution in [0.2, 0.25) is 19.1 Å². The zero-order chi connectivity index (χ0) is 42.6. The Hall–Kier alpha value is -5.70. The first-order valence-corrected chi connectivity index (χ1v) is 24.5. The molecule has 1 saturated carbocycles. The smallest absolute Gasteiger partial charge is 0.407 e. The lowest BCUT2D eigenvalue weighted by molar-refractivity contribution is -0.139. The van der Waals surface area contributed by atoms with E-state index in [1.54, 1.807) is 0 Å². The second kappa shape index (κ2) is 16.1. The molecule has 2 aliphatic heterocycles. The molecular weight excluding hydrogens is 777 g/mol. The van der Waals surface area contributed by atoms with E-state index in [0.29, 0.717) is 12.1 Å². The number of alkyl carbamates (subject to hydrolysis) is 2. The van der Waals surface area contributed by atoms with E-state index in [1.807, 2.05) is 43.7 Å². The van der Waals surface area contributed by atoms with E-state index in [9.17, 15) is 19.2 Å². The number of imidazole rings is 2. The number of aromatic amines is 2. The fourth-order valence-electron chi connectivity index (χ4n) is 9.78. The fraction of sp³-hybridized carbons (Fsp3) is 0.467. The first-order chi connectivity index (χ1) is 28.7. The van der Waals surface area contributed by atoms with Crippen LogP contribution in [0.4, 0.5) is 9.59 Å². The molecule has 2 saturated heterocycles. The Kier molecular flexibility index (Phi) is 11.0. The van der Waals surface area contributed by atoms with Gasteiger partial charge in [0.25, 0.3) is 0 Å². The van der Waals surface area contributed by atoms with E-state index in [1.165, 1.54) is 14.2 Å². The van der Waals surface area contributed by atoms with Crippen LogP contribution in [0.25, 0.3) is 44.2 Å². The molecule has 3 aromatic carbocycles. The maximum Gasteiger partial charge on any atom is 0.407 e. The summed E-state index contributed by atoms with van der Waals surface area (Å²) in [6.45, 7) is 12.3. The number of amides is 4. The molecular formula is C45H56N8O6Si. The lowest BCUT2D eigenvalue weighted by atomic mass is 9.95. The SMILES string of the molecule is COC(=O)N[C@H](C(=O)N1C[Si](C)(C)C[C@H]1c1nc2c(ccc3cc(-c4ccc(-c5cnc([C@@H]6[C@H]7CC[C@H](C7)N6C(=O)[C@@H](NC(=O)OC)C(C)C)[nH]5)cc4)ccc32)[nH]1)C(C)C. The summed E-state index contributed by atoms with van der Waals surface area (Å²) in [5.41, 5.74) is 5.78. The summed E-state index contributed by atoms with van der Waals surface area (Å²) in [5.74, 6) is 1.42. The summed E-state index contributed by atoms with van der Waals surface area (Å²) in [6.07, 6.45) is 4.22. The molecule has 316 valence electrons. The Morgan fingerprint density at radius 1 is 0.800 bits per heavy atom. The van der Waals surface area contributed by atoms with Crippen molar-refractivity contribution >= 4 is 53.9 Å². The van der Waals surface area contributed by atoms with Crippen molar-refractivity contribution in [3.63, 3.8) is 0 Å². The third kappa shape index (κ3) is 7.63. The number of ether oxygens (including phenoxy) is 2. The molecule has 0 spiro atoms. The Balaban J connectivity index is 1.01. The van der Waals surface area contributed by atoms with Crippen LogP contribution in [0.3, 0.4) is 0 Å². The summed E-state index contributed by atoms with van der Waals surface area (Å²) in [7, 11) is 0.836. The number of fused-ring (bicyclic) bond motifs is 5. The molecule has 5 aromatic rings. The van der Waals surface area contributed by atoms with E-state index < -0.39 is 32.3 Å². The van der Waals surface area contributed by atoms with E-state index in [0.717, 1.165) is 81.1 Å². The largest absolute Gasteiger partial charge is 0.453 e. The molecule has 3 aliphatic rings. The first kappa shape index (κ1) is 41.0. The molecule has 4 amide bonds. The van der Waals surface area contributed by atoms with Gasteiger partial charge in [-0.3, -0.25) is 9.59 Å². The molecule has 14 nitrogen and oxygen atoms in total. The zero-order valence-corrected chi connectivity index (χ0v) is 36.7. The molecule has 2 aromatic heterocycles. The fourth-order valence-corrected chi connectivity index (χ4v) is 12.7. The van der Waals surface area contributed by atoms with Gasteiger partial charge >= 0.3 is 12.2 Å². The summed E-state index contributed by atoms with van der Waals surface area (Å²) in [4.78, 5) is 73.2. The van der Waals surface area contributed by atoms with Crippen molar-refractivity contribution in [2.75, 3.05) is 20.4 Å². The van der Waals surface area contributed by atoms with Crippen LogP contribution in [-0.4, -0.2) is 100 Å². The summed E-state index contributed by atoms with van der Waals surface area (Å²) in [6, 6.07) is 18.2. The van der Waals surface area contributed by atoms with Gasteiger partial charge < -0.3 is 39.9 Å². The van der Waals surface area contributed by atoms with Crippen molar-refractivity contribution in [1.82, 2.24) is 40.4 Å². The molecule has 4 heterocycles. The highest BCUT2D eigenvalue weighted by Gasteiger charge is 2.51. The quantitative estimate of drug-likeness (QED) is 0.104. The van der Waals surface area contributed by atoms with Crippen molar-refractivity contribution in [2.45, 2.75) is 96.3 Å². The topological polar surface area (TPSA) is 175 Å². The maximum atomic E-state index is 14.0. The van der Waals surface area contributed by atoms with Crippen molar-refractivity contribution < 1.29 is 28.7 Å². The average molecular weight is 833 g/mol. The number of hydrogen-bond acceptors (Lipinski definition) is 8. The molecule has 3 fully saturated rings. The Morgan fingerprint density at radius 2 is 1.45 bits per heavy atom. The molecule has 2 bridgehead atoms. The van der Waals surface area contributed by atoms with Crippen LogP contribution >= 0.6 is 0 Å². The number of likely N-dealkylation sites (tertiary alicyclic amines) is 1. The second-order valence-corrected chi connectivity index (χ2v) is 23.3. The van der Waals surface area contributed by atoms with E-state index >= 15 is 0 Å². The van der Waals surface area contributed by atoms with Crippen molar-refractivity contribution in [1.29, 1.82) is 0 Å². The summed E-state index contributed by atoms with van der Waals surface area (Å²) < 4.78 is 9.66. The normalized spacial score (nSPS) is 21.8. The lowest BCUT2D eigenvalue weighted by Gasteiger charge is -2.37. The van der Waals surface area contributed by atoms with Gasteiger partial charge in [-0.25, -0.2) is 19.6 Å². The van der Waals surface area contributed by atoms with Gasteiger partial charge in [0.2, 0.25) is 11.8 Å². The number of methoxy groups -OCH3 is 2. The number of carbonyl (C=O) groups is 4. The number of H-pyrrole nitrogens is 2. The van der Waals surface area contributed by atoms with Crippen molar-refractivity contribution in [3.05, 3.63) is 72.4 Å². The molecule has 0 radical (unpaired) electrons. The van der Waals surface area contributed by atoms with Gasteiger partial charge in [-0.15, -0.1) is 0 Å². The number of benzene rings is 3. The van der Waals surface area contributed by atoms with Gasteiger partial charge in [0.05, 0.1) is 57.3 Å². The van der Waals surface area contributed by atoms with Crippen LogP contribution in [0.1, 0.15) is 70.7 Å². The van der Waals surface area contributed by atoms with Crippen LogP contribution in [0.5, 0.6) is 0 Å².